The second kappa shape index (κ2) is 7.26. The molecule has 2 heteroatoms. The van der Waals surface area contributed by atoms with Gasteiger partial charge in [-0.3, -0.25) is 0 Å². The molecule has 4 aromatic carbocycles. The van der Waals surface area contributed by atoms with Gasteiger partial charge < -0.3 is 0 Å². The zero-order chi connectivity index (χ0) is 19.6. The summed E-state index contributed by atoms with van der Waals surface area (Å²) in [5.74, 6) is 0. The molecule has 0 amide bonds. The van der Waals surface area contributed by atoms with Crippen molar-refractivity contribution in [3.63, 3.8) is 0 Å². The van der Waals surface area contributed by atoms with Crippen LogP contribution in [0.3, 0.4) is 0 Å². The molecule has 4 aromatic rings. The number of rotatable bonds is 4. The third kappa shape index (κ3) is 2.77. The molecular formula is C27H25OP. The van der Waals surface area contributed by atoms with Crippen LogP contribution < -0.4 is 15.9 Å². The summed E-state index contributed by atoms with van der Waals surface area (Å²) in [4.78, 5) is 0. The molecule has 5 rings (SSSR count). The Labute approximate surface area is 173 Å². The van der Waals surface area contributed by atoms with Crippen LogP contribution in [0.25, 0.3) is 0 Å². The first-order valence-corrected chi connectivity index (χ1v) is 12.6. The Hall–Kier alpha value is -2.73. The summed E-state index contributed by atoms with van der Waals surface area (Å²) < 4.78 is 7.41. The molecule has 1 saturated heterocycles. The van der Waals surface area contributed by atoms with Crippen LogP contribution in [0.2, 0.25) is 0 Å². The van der Waals surface area contributed by atoms with Gasteiger partial charge in [0.05, 0.1) is 0 Å². The fourth-order valence-electron chi connectivity index (χ4n) is 4.89. The van der Waals surface area contributed by atoms with E-state index in [1.54, 1.807) is 0 Å². The van der Waals surface area contributed by atoms with Gasteiger partial charge in [0.1, 0.15) is 0 Å². The Morgan fingerprint density at radius 1 is 0.517 bits per heavy atom. The third-order valence-corrected chi connectivity index (χ3v) is 12.3. The van der Waals surface area contributed by atoms with E-state index < -0.39 is 6.83 Å². The van der Waals surface area contributed by atoms with Crippen molar-refractivity contribution >= 4 is 22.7 Å². The molecule has 0 unspecified atom stereocenters. The van der Waals surface area contributed by atoms with Crippen LogP contribution in [0.1, 0.15) is 18.1 Å². The van der Waals surface area contributed by atoms with Crippen molar-refractivity contribution in [2.75, 3.05) is 6.16 Å². The van der Waals surface area contributed by atoms with E-state index in [4.69, 9.17) is 4.52 Å². The van der Waals surface area contributed by atoms with Crippen molar-refractivity contribution in [3.8, 4) is 0 Å². The number of benzene rings is 4. The van der Waals surface area contributed by atoms with E-state index in [2.05, 4.69) is 121 Å². The summed E-state index contributed by atoms with van der Waals surface area (Å²) in [6.45, 7) is -3.07. The fraction of sp³-hybridized carbons (Fsp3) is 0.111. The first kappa shape index (κ1) is 18.3. The molecule has 0 bridgehead atoms. The summed E-state index contributed by atoms with van der Waals surface area (Å²) in [5.41, 5.74) is 1.27. The Morgan fingerprint density at radius 2 is 0.897 bits per heavy atom. The first-order chi connectivity index (χ1) is 14.3. The number of hydrogen-bond acceptors (Lipinski definition) is 1. The van der Waals surface area contributed by atoms with Gasteiger partial charge in [-0.1, -0.05) is 0 Å². The molecule has 0 saturated carbocycles. The van der Waals surface area contributed by atoms with Gasteiger partial charge in [-0.2, -0.15) is 0 Å². The number of hydrogen-bond donors (Lipinski definition) is 0. The summed E-state index contributed by atoms with van der Waals surface area (Å²) in [7, 11) is 0. The molecule has 1 aliphatic heterocycles. The van der Waals surface area contributed by atoms with E-state index in [9.17, 15) is 0 Å². The van der Waals surface area contributed by atoms with Crippen LogP contribution in [-0.4, -0.2) is 6.16 Å². The van der Waals surface area contributed by atoms with Crippen molar-refractivity contribution in [1.82, 2.24) is 0 Å². The molecule has 0 spiro atoms. The second-order valence-corrected chi connectivity index (χ2v) is 12.4. The van der Waals surface area contributed by atoms with Crippen LogP contribution in [-0.2, 0) is 4.52 Å². The summed E-state index contributed by atoms with van der Waals surface area (Å²) in [6, 6.07) is 43.5. The van der Waals surface area contributed by atoms with Gasteiger partial charge in [0.15, 0.2) is 0 Å². The van der Waals surface area contributed by atoms with Crippen LogP contribution in [0, 0.1) is 0 Å². The molecule has 0 aromatic heterocycles. The zero-order valence-corrected chi connectivity index (χ0v) is 17.3. The van der Waals surface area contributed by atoms with E-state index >= 15 is 0 Å². The Morgan fingerprint density at radius 3 is 1.31 bits per heavy atom. The van der Waals surface area contributed by atoms with E-state index in [1.807, 2.05) is 0 Å². The topological polar surface area (TPSA) is 9.23 Å². The Bertz CT molecular complexity index is 979. The molecule has 1 nitrogen and oxygen atoms in total. The minimum atomic E-state index is -3.07. The van der Waals surface area contributed by atoms with Crippen LogP contribution in [0.15, 0.2) is 121 Å². The predicted octanol–water partition coefficient (Wildman–Crippen LogP) is 5.59. The molecule has 0 aliphatic carbocycles. The molecule has 1 atom stereocenters. The summed E-state index contributed by atoms with van der Waals surface area (Å²) in [6.07, 6.45) is 2.12. The van der Waals surface area contributed by atoms with Crippen molar-refractivity contribution in [3.05, 3.63) is 127 Å². The van der Waals surface area contributed by atoms with Gasteiger partial charge in [0.2, 0.25) is 0 Å². The third-order valence-electron chi connectivity index (χ3n) is 6.26. The van der Waals surface area contributed by atoms with E-state index in [0.717, 1.165) is 12.6 Å². The van der Waals surface area contributed by atoms with Crippen LogP contribution >= 0.6 is 6.83 Å². The van der Waals surface area contributed by atoms with Gasteiger partial charge in [-0.05, 0) is 0 Å². The van der Waals surface area contributed by atoms with Crippen molar-refractivity contribution in [2.45, 2.75) is 12.5 Å². The van der Waals surface area contributed by atoms with Crippen LogP contribution in [0.5, 0.6) is 0 Å². The average molecular weight is 396 g/mol. The quantitative estimate of drug-likeness (QED) is 0.409. The summed E-state index contributed by atoms with van der Waals surface area (Å²) >= 11 is 0. The Balaban J connectivity index is 1.82. The van der Waals surface area contributed by atoms with Gasteiger partial charge >= 0.3 is 173 Å². The average Bonchev–Trinajstić information content (AvgIpc) is 3.25. The van der Waals surface area contributed by atoms with E-state index in [1.165, 1.54) is 21.5 Å². The van der Waals surface area contributed by atoms with Gasteiger partial charge in [-0.25, -0.2) is 0 Å². The molecule has 29 heavy (non-hydrogen) atoms. The van der Waals surface area contributed by atoms with Crippen molar-refractivity contribution in [2.24, 2.45) is 0 Å². The van der Waals surface area contributed by atoms with Crippen molar-refractivity contribution in [1.29, 1.82) is 0 Å². The fourth-order valence-corrected chi connectivity index (χ4v) is 11.0. The maximum atomic E-state index is 7.41. The molecule has 1 heterocycles. The second-order valence-electron chi connectivity index (χ2n) is 7.74. The zero-order valence-electron chi connectivity index (χ0n) is 16.4. The molecule has 0 radical (unpaired) electrons. The van der Waals surface area contributed by atoms with Crippen LogP contribution in [0.4, 0.5) is 0 Å². The first-order valence-electron chi connectivity index (χ1n) is 10.2. The molecule has 1 fully saturated rings. The van der Waals surface area contributed by atoms with E-state index in [-0.39, 0.29) is 6.10 Å². The predicted molar refractivity (Wildman–Crippen MR) is 125 cm³/mol. The normalized spacial score (nSPS) is 21.1. The minimum absolute atomic E-state index is 0.0921. The molecule has 144 valence electrons. The standard InChI is InChI=1S/C27H25OP/c1-5-13-23(14-6-1)27-21-22-29(28-27,24-15-7-2-8-16-24,25-17-9-3-10-18-25)26-19-11-4-12-20-26/h1-20,27H,21-22H2/t27-/m1/s1. The van der Waals surface area contributed by atoms with Gasteiger partial charge in [0.25, 0.3) is 0 Å². The maximum absolute atomic E-state index is 7.41. The molecular weight excluding hydrogens is 371 g/mol. The monoisotopic (exact) mass is 396 g/mol. The molecule has 0 N–H and O–H groups in total. The van der Waals surface area contributed by atoms with Crippen molar-refractivity contribution < 1.29 is 4.52 Å². The Kier molecular flexibility index (Phi) is 4.59. The van der Waals surface area contributed by atoms with Gasteiger partial charge in [0, 0.05) is 0 Å². The summed E-state index contributed by atoms with van der Waals surface area (Å²) in [5, 5.41) is 3.94. The van der Waals surface area contributed by atoms with Gasteiger partial charge in [-0.15, -0.1) is 0 Å². The SMILES string of the molecule is c1ccc([C@H]2CCP(c3ccccc3)(c3ccccc3)(c3ccccc3)O2)cc1. The molecule has 1 aliphatic rings. The van der Waals surface area contributed by atoms with E-state index in [0.29, 0.717) is 0 Å².